The molecule has 182 valence electrons. The quantitative estimate of drug-likeness (QED) is 0.219. The number of ketones is 1. The summed E-state index contributed by atoms with van der Waals surface area (Å²) >= 11 is 1.34. The van der Waals surface area contributed by atoms with Crippen molar-refractivity contribution in [2.24, 2.45) is 0 Å². The molecule has 1 aliphatic heterocycles. The van der Waals surface area contributed by atoms with Crippen LogP contribution < -0.4 is 14.4 Å². The van der Waals surface area contributed by atoms with Gasteiger partial charge in [-0.25, -0.2) is 4.98 Å². The average molecular weight is 501 g/mol. The lowest BCUT2D eigenvalue weighted by Gasteiger charge is -2.23. The summed E-state index contributed by atoms with van der Waals surface area (Å²) in [5, 5.41) is 11.7. The molecule has 7 nitrogen and oxygen atoms in total. The maximum Gasteiger partial charge on any atom is 0.301 e. The molecule has 0 unspecified atom stereocenters. The van der Waals surface area contributed by atoms with E-state index in [1.165, 1.54) is 23.3 Å². The molecule has 0 spiro atoms. The van der Waals surface area contributed by atoms with E-state index in [-0.39, 0.29) is 11.3 Å². The third-order valence-electron chi connectivity index (χ3n) is 6.24. The van der Waals surface area contributed by atoms with Crippen LogP contribution in [0.25, 0.3) is 16.0 Å². The van der Waals surface area contributed by atoms with Gasteiger partial charge in [0.15, 0.2) is 5.13 Å². The maximum atomic E-state index is 13.5. The van der Waals surface area contributed by atoms with Crippen molar-refractivity contribution in [3.05, 3.63) is 88.5 Å². The number of Topliss-reactive ketones (excluding diaryl/α,β-unsaturated/α-hetero) is 1. The number of carbonyl (C=O) groups is 2. The zero-order valence-electron chi connectivity index (χ0n) is 20.2. The average Bonchev–Trinajstić information content (AvgIpc) is 3.42. The van der Waals surface area contributed by atoms with Gasteiger partial charge in [0.25, 0.3) is 5.78 Å². The van der Waals surface area contributed by atoms with Gasteiger partial charge in [0, 0.05) is 5.56 Å². The minimum atomic E-state index is -0.871. The number of anilines is 1. The van der Waals surface area contributed by atoms with Crippen LogP contribution in [0, 0.1) is 13.8 Å². The van der Waals surface area contributed by atoms with E-state index >= 15 is 0 Å². The Bertz CT molecular complexity index is 1540. The number of nitrogens with zero attached hydrogens (tertiary/aromatic N) is 2. The third kappa shape index (κ3) is 3.89. The second-order valence-electron chi connectivity index (χ2n) is 8.60. The van der Waals surface area contributed by atoms with Crippen LogP contribution in [0.15, 0.2) is 66.2 Å². The van der Waals surface area contributed by atoms with Crippen molar-refractivity contribution in [1.82, 2.24) is 4.98 Å². The van der Waals surface area contributed by atoms with Crippen molar-refractivity contribution in [3.63, 3.8) is 0 Å². The van der Waals surface area contributed by atoms with Gasteiger partial charge in [-0.15, -0.1) is 0 Å². The topological polar surface area (TPSA) is 89.0 Å². The van der Waals surface area contributed by atoms with Crippen molar-refractivity contribution < 1.29 is 24.2 Å². The molecule has 1 fully saturated rings. The number of rotatable bonds is 5. The molecule has 0 saturated carbocycles. The van der Waals surface area contributed by atoms with Crippen molar-refractivity contribution in [2.45, 2.75) is 19.9 Å². The van der Waals surface area contributed by atoms with Crippen LogP contribution in [0.5, 0.6) is 11.5 Å². The predicted octanol–water partition coefficient (Wildman–Crippen LogP) is 5.56. The monoisotopic (exact) mass is 500 g/mol. The number of aryl methyl sites for hydroxylation is 2. The summed E-state index contributed by atoms with van der Waals surface area (Å²) in [5.41, 5.74) is 3.87. The molecule has 2 heterocycles. The number of aromatic nitrogens is 1. The Hall–Kier alpha value is -4.17. The van der Waals surface area contributed by atoms with Gasteiger partial charge in [-0.3, -0.25) is 14.5 Å². The van der Waals surface area contributed by atoms with Gasteiger partial charge in [0.05, 0.1) is 36.1 Å². The van der Waals surface area contributed by atoms with E-state index in [0.29, 0.717) is 27.8 Å². The summed E-state index contributed by atoms with van der Waals surface area (Å²) < 4.78 is 11.5. The first kappa shape index (κ1) is 23.6. The second kappa shape index (κ2) is 9.13. The fourth-order valence-corrected chi connectivity index (χ4v) is 5.69. The van der Waals surface area contributed by atoms with Crippen LogP contribution in [0.3, 0.4) is 0 Å². The Morgan fingerprint density at radius 1 is 0.972 bits per heavy atom. The Morgan fingerprint density at radius 3 is 2.39 bits per heavy atom. The highest BCUT2D eigenvalue weighted by Crippen LogP contribution is 2.45. The molecule has 1 saturated heterocycles. The van der Waals surface area contributed by atoms with E-state index in [4.69, 9.17) is 14.5 Å². The summed E-state index contributed by atoms with van der Waals surface area (Å²) in [4.78, 5) is 33.0. The van der Waals surface area contributed by atoms with E-state index in [1.54, 1.807) is 55.6 Å². The fourth-order valence-electron chi connectivity index (χ4n) is 4.52. The molecule has 5 rings (SSSR count). The van der Waals surface area contributed by atoms with Crippen LogP contribution in [0.1, 0.15) is 28.3 Å². The van der Waals surface area contributed by atoms with E-state index < -0.39 is 17.7 Å². The Morgan fingerprint density at radius 2 is 1.69 bits per heavy atom. The number of aliphatic hydroxyl groups excluding tert-OH is 1. The smallest absolute Gasteiger partial charge is 0.301 e. The van der Waals surface area contributed by atoms with Gasteiger partial charge in [-0.05, 0) is 60.9 Å². The van der Waals surface area contributed by atoms with Crippen LogP contribution in [-0.2, 0) is 9.59 Å². The lowest BCUT2D eigenvalue weighted by Crippen LogP contribution is -2.29. The zero-order valence-corrected chi connectivity index (χ0v) is 21.1. The molecular weight excluding hydrogens is 476 g/mol. The van der Waals surface area contributed by atoms with Crippen LogP contribution in [-0.4, -0.2) is 36.0 Å². The van der Waals surface area contributed by atoms with Gasteiger partial charge >= 0.3 is 5.91 Å². The van der Waals surface area contributed by atoms with E-state index in [0.717, 1.165) is 21.3 Å². The van der Waals surface area contributed by atoms with Crippen molar-refractivity contribution in [2.75, 3.05) is 19.1 Å². The summed E-state index contributed by atoms with van der Waals surface area (Å²) in [6, 6.07) is 17.0. The summed E-state index contributed by atoms with van der Waals surface area (Å²) in [5.74, 6) is -0.637. The molecule has 1 aliphatic rings. The first-order valence-electron chi connectivity index (χ1n) is 11.3. The standard InChI is InChI=1S/C28H24N2O5S/c1-15-12-16(2)23-21(13-15)36-28(29-23)30-24(17-8-10-19(34-3)11-9-17)22(26(32)27(30)33)25(31)18-6-5-7-20(14-18)35-4/h5-14,24,31H,1-4H3/t24-/m1/s1. The highest BCUT2D eigenvalue weighted by molar-refractivity contribution is 7.22. The van der Waals surface area contributed by atoms with Crippen molar-refractivity contribution in [1.29, 1.82) is 0 Å². The normalized spacial score (nSPS) is 17.1. The zero-order chi connectivity index (χ0) is 25.6. The highest BCUT2D eigenvalue weighted by Gasteiger charge is 2.48. The number of amides is 1. The third-order valence-corrected chi connectivity index (χ3v) is 7.25. The van der Waals surface area contributed by atoms with Crippen LogP contribution in [0.4, 0.5) is 5.13 Å². The largest absolute Gasteiger partial charge is 0.507 e. The minimum absolute atomic E-state index is 0.00872. The molecule has 1 atom stereocenters. The molecule has 1 amide bonds. The van der Waals surface area contributed by atoms with E-state index in [2.05, 4.69) is 0 Å². The van der Waals surface area contributed by atoms with Gasteiger partial charge in [-0.2, -0.15) is 0 Å². The molecule has 36 heavy (non-hydrogen) atoms. The first-order valence-corrected chi connectivity index (χ1v) is 12.1. The Balaban J connectivity index is 1.73. The summed E-state index contributed by atoms with van der Waals surface area (Å²) in [7, 11) is 3.08. The minimum Gasteiger partial charge on any atom is -0.507 e. The van der Waals surface area contributed by atoms with Crippen molar-refractivity contribution >= 4 is 44.1 Å². The number of methoxy groups -OCH3 is 2. The number of carbonyl (C=O) groups excluding carboxylic acids is 2. The number of hydrogen-bond acceptors (Lipinski definition) is 7. The second-order valence-corrected chi connectivity index (χ2v) is 9.61. The fraction of sp³-hybridized carbons (Fsp3) is 0.179. The Kier molecular flexibility index (Phi) is 5.97. The van der Waals surface area contributed by atoms with Gasteiger partial charge < -0.3 is 14.6 Å². The number of ether oxygens (including phenoxy) is 2. The van der Waals surface area contributed by atoms with Crippen LogP contribution in [0.2, 0.25) is 0 Å². The van der Waals surface area contributed by atoms with Gasteiger partial charge in [0.2, 0.25) is 0 Å². The number of hydrogen-bond donors (Lipinski definition) is 1. The molecule has 0 aliphatic carbocycles. The Labute approximate surface area is 212 Å². The van der Waals surface area contributed by atoms with E-state index in [9.17, 15) is 14.7 Å². The molecule has 4 aromatic rings. The molecule has 1 N–H and O–H groups in total. The number of benzene rings is 3. The lowest BCUT2D eigenvalue weighted by molar-refractivity contribution is -0.132. The van der Waals surface area contributed by atoms with Crippen molar-refractivity contribution in [3.8, 4) is 11.5 Å². The number of thiazole rings is 1. The van der Waals surface area contributed by atoms with Gasteiger partial charge in [0.1, 0.15) is 17.3 Å². The predicted molar refractivity (Wildman–Crippen MR) is 140 cm³/mol. The number of aliphatic hydroxyl groups is 1. The number of fused-ring (bicyclic) bond motifs is 1. The van der Waals surface area contributed by atoms with Gasteiger partial charge in [-0.1, -0.05) is 41.7 Å². The first-order chi connectivity index (χ1) is 17.3. The SMILES string of the molecule is COc1ccc([C@@H]2C(=C(O)c3cccc(OC)c3)C(=O)C(=O)N2c2nc3c(C)cc(C)cc3s2)cc1. The molecule has 1 aromatic heterocycles. The summed E-state index contributed by atoms with van der Waals surface area (Å²) in [6.07, 6.45) is 0. The molecule has 0 radical (unpaired) electrons. The molecule has 3 aromatic carbocycles. The molecule has 8 heteroatoms. The lowest BCUT2D eigenvalue weighted by atomic mass is 9.95. The maximum absolute atomic E-state index is 13.5. The highest BCUT2D eigenvalue weighted by atomic mass is 32.1. The van der Waals surface area contributed by atoms with Crippen LogP contribution >= 0.6 is 11.3 Å². The molecular formula is C28H24N2O5S. The van der Waals surface area contributed by atoms with E-state index in [1.807, 2.05) is 26.0 Å². The summed E-state index contributed by atoms with van der Waals surface area (Å²) in [6.45, 7) is 3.97. The molecule has 0 bridgehead atoms.